The number of hydrogen-bond acceptors (Lipinski definition) is 4. The number of carbonyl (C=O) groups is 1. The van der Waals surface area contributed by atoms with E-state index in [1.165, 1.54) is 22.8 Å². The molecule has 0 atom stereocenters. The first-order valence-electron chi connectivity index (χ1n) is 16.7. The first-order chi connectivity index (χ1) is 23.9. The number of rotatable bonds is 16. The summed E-state index contributed by atoms with van der Waals surface area (Å²) < 4.78 is 63.1. The van der Waals surface area contributed by atoms with E-state index in [2.05, 4.69) is 55.4 Å². The summed E-state index contributed by atoms with van der Waals surface area (Å²) >= 11 is 7.66. The second kappa shape index (κ2) is 17.9. The van der Waals surface area contributed by atoms with Crippen LogP contribution in [0.2, 0.25) is 5.02 Å². The summed E-state index contributed by atoms with van der Waals surface area (Å²) in [6.45, 7) is 6.77. The molecule has 0 aliphatic rings. The number of amides is 1. The van der Waals surface area contributed by atoms with Gasteiger partial charge in [-0.3, -0.25) is 4.79 Å². The van der Waals surface area contributed by atoms with Gasteiger partial charge in [-0.25, -0.2) is 0 Å². The lowest BCUT2D eigenvalue weighted by Gasteiger charge is -2.37. The van der Waals surface area contributed by atoms with Crippen molar-refractivity contribution in [2.75, 3.05) is 26.2 Å². The number of nitrogens with zero attached hydrogens (tertiary/aromatic N) is 2. The van der Waals surface area contributed by atoms with Crippen LogP contribution in [0.3, 0.4) is 0 Å². The molecule has 4 aromatic carbocycles. The number of carbonyl (C=O) groups excluding carboxylic acids is 1. The molecule has 1 amide bonds. The molecule has 5 aromatic rings. The molecular formula is C39H42BrClF4N2O3S. The Morgan fingerprint density at radius 3 is 2.16 bits per heavy atom. The third-order valence-corrected chi connectivity index (χ3v) is 10.8. The number of halogens is 6. The molecule has 0 saturated heterocycles. The minimum Gasteiger partial charge on any atom is -1.00 e. The predicted molar refractivity (Wildman–Crippen MR) is 194 cm³/mol. The van der Waals surface area contributed by atoms with Gasteiger partial charge in [-0.15, -0.1) is 11.3 Å². The van der Waals surface area contributed by atoms with E-state index < -0.39 is 19.0 Å². The highest BCUT2D eigenvalue weighted by Crippen LogP contribution is 2.44. The number of unbranched alkanes of at least 4 members (excludes halogenated alkanes) is 1. The summed E-state index contributed by atoms with van der Waals surface area (Å²) in [6.07, 6.45) is 1.59. The van der Waals surface area contributed by atoms with Gasteiger partial charge in [0, 0.05) is 29.4 Å². The minimum absolute atomic E-state index is 0. The van der Waals surface area contributed by atoms with E-state index in [4.69, 9.17) is 11.6 Å². The molecule has 5 nitrogen and oxygen atoms in total. The van der Waals surface area contributed by atoms with Crippen LogP contribution in [-0.2, 0) is 13.1 Å². The summed E-state index contributed by atoms with van der Waals surface area (Å²) in [5.41, 5.74) is 4.74. The van der Waals surface area contributed by atoms with Gasteiger partial charge in [0.25, 0.3) is 5.91 Å². The lowest BCUT2D eigenvalue weighted by atomic mass is 10.1. The van der Waals surface area contributed by atoms with Crippen molar-refractivity contribution in [3.05, 3.63) is 105 Å². The molecule has 12 heteroatoms. The molecule has 0 N–H and O–H groups in total. The zero-order valence-corrected chi connectivity index (χ0v) is 32.2. The standard InChI is InChI=1S/C39H42ClF4N2O3S.BrH/c1-5-46(6-2,24-28-18-25(3)17-26(4)19-28)16-10-9-15-45(23-27-13-14-29-11-7-8-12-30(29)20-27)37(47)36-35(40)34-32(49-39(43)44)21-31(48-38(41)42)22-33(34)50-36;/h7-8,11-14,17-22,38-39H,5-6,9-10,15-16,23-24H2,1-4H3;1H/q+1;/p-1. The Bertz CT molecular complexity index is 1930. The number of fused-ring (bicyclic) bond motifs is 2. The van der Waals surface area contributed by atoms with E-state index in [1.807, 2.05) is 42.5 Å². The maximum absolute atomic E-state index is 14.3. The number of aryl methyl sites for hydroxylation is 2. The van der Waals surface area contributed by atoms with Crippen LogP contribution in [0.5, 0.6) is 11.5 Å². The molecule has 0 aliphatic heterocycles. The lowest BCUT2D eigenvalue weighted by molar-refractivity contribution is -0.938. The van der Waals surface area contributed by atoms with Gasteiger partial charge in [-0.1, -0.05) is 77.3 Å². The molecule has 1 aromatic heterocycles. The smallest absolute Gasteiger partial charge is 0.387 e. The first kappa shape index (κ1) is 40.4. The quantitative estimate of drug-likeness (QED) is 0.0577. The van der Waals surface area contributed by atoms with Crippen LogP contribution in [0.15, 0.2) is 72.8 Å². The largest absolute Gasteiger partial charge is 1.00 e. The van der Waals surface area contributed by atoms with E-state index in [0.717, 1.165) is 77.2 Å². The van der Waals surface area contributed by atoms with E-state index in [0.29, 0.717) is 13.1 Å². The minimum atomic E-state index is -3.24. The second-order valence-electron chi connectivity index (χ2n) is 12.8. The van der Waals surface area contributed by atoms with Crippen molar-refractivity contribution >= 4 is 49.7 Å². The third-order valence-electron chi connectivity index (χ3n) is 9.23. The van der Waals surface area contributed by atoms with Gasteiger partial charge in [0.1, 0.15) is 22.9 Å². The SMILES string of the molecule is CC[N+](CC)(CCCCN(Cc1ccc2ccccc2c1)C(=O)c1sc2cc(OC(F)F)cc(OC(F)F)c2c1Cl)Cc1cc(C)cc(C)c1.[Br-]. The van der Waals surface area contributed by atoms with Crippen LogP contribution in [-0.4, -0.2) is 54.7 Å². The van der Waals surface area contributed by atoms with Crippen molar-refractivity contribution in [1.82, 2.24) is 4.90 Å². The predicted octanol–water partition coefficient (Wildman–Crippen LogP) is 8.01. The van der Waals surface area contributed by atoms with Gasteiger partial charge < -0.3 is 35.8 Å². The molecule has 0 aliphatic carbocycles. The molecular weight excluding hydrogens is 768 g/mol. The zero-order chi connectivity index (χ0) is 36.0. The van der Waals surface area contributed by atoms with Gasteiger partial charge in [0.05, 0.1) is 30.0 Å². The average molecular weight is 810 g/mol. The molecule has 0 bridgehead atoms. The van der Waals surface area contributed by atoms with Crippen molar-refractivity contribution in [3.63, 3.8) is 0 Å². The van der Waals surface area contributed by atoms with Crippen molar-refractivity contribution < 1.29 is 53.3 Å². The zero-order valence-electron chi connectivity index (χ0n) is 29.0. The van der Waals surface area contributed by atoms with Crippen LogP contribution < -0.4 is 26.5 Å². The monoisotopic (exact) mass is 808 g/mol. The fraction of sp³-hybridized carbons (Fsp3) is 0.359. The van der Waals surface area contributed by atoms with Crippen LogP contribution >= 0.6 is 22.9 Å². The van der Waals surface area contributed by atoms with Crippen molar-refractivity contribution in [2.45, 2.75) is 66.8 Å². The summed E-state index contributed by atoms with van der Waals surface area (Å²) in [7, 11) is 0. The third kappa shape index (κ3) is 10.2. The highest BCUT2D eigenvalue weighted by atomic mass is 79.9. The summed E-state index contributed by atoms with van der Waals surface area (Å²) in [5, 5.41) is 2.09. The van der Waals surface area contributed by atoms with Gasteiger partial charge in [0.15, 0.2) is 0 Å². The van der Waals surface area contributed by atoms with Gasteiger partial charge in [-0.2, -0.15) is 17.6 Å². The van der Waals surface area contributed by atoms with Crippen molar-refractivity contribution in [1.29, 1.82) is 0 Å². The Balaban J connectivity index is 0.00000583. The molecule has 274 valence electrons. The van der Waals surface area contributed by atoms with E-state index in [-0.39, 0.29) is 48.6 Å². The second-order valence-corrected chi connectivity index (χ2v) is 14.2. The van der Waals surface area contributed by atoms with Crippen LogP contribution in [0.25, 0.3) is 20.9 Å². The van der Waals surface area contributed by atoms with Crippen LogP contribution in [0.4, 0.5) is 17.6 Å². The molecule has 5 rings (SSSR count). The van der Waals surface area contributed by atoms with E-state index in [1.54, 1.807) is 4.90 Å². The Morgan fingerprint density at radius 2 is 1.51 bits per heavy atom. The van der Waals surface area contributed by atoms with Crippen molar-refractivity contribution in [2.24, 2.45) is 0 Å². The number of benzene rings is 4. The number of ether oxygens (including phenoxy) is 2. The number of quaternary nitrogens is 1. The molecule has 0 radical (unpaired) electrons. The Hall–Kier alpha value is -3.38. The summed E-state index contributed by atoms with van der Waals surface area (Å²) in [5.74, 6) is -1.19. The van der Waals surface area contributed by atoms with Crippen molar-refractivity contribution in [3.8, 4) is 11.5 Å². The highest BCUT2D eigenvalue weighted by Gasteiger charge is 2.28. The molecule has 0 saturated carbocycles. The van der Waals surface area contributed by atoms with Crippen LogP contribution in [0, 0.1) is 13.8 Å². The van der Waals surface area contributed by atoms with Gasteiger partial charge in [-0.05, 0) is 69.0 Å². The number of thiophene rings is 1. The number of alkyl halides is 4. The lowest BCUT2D eigenvalue weighted by Crippen LogP contribution is -3.00. The molecule has 51 heavy (non-hydrogen) atoms. The molecule has 0 unspecified atom stereocenters. The van der Waals surface area contributed by atoms with E-state index in [9.17, 15) is 22.4 Å². The highest BCUT2D eigenvalue weighted by molar-refractivity contribution is 7.21. The number of hydrogen-bond donors (Lipinski definition) is 0. The molecule has 0 spiro atoms. The Kier molecular flexibility index (Phi) is 14.2. The molecule has 1 heterocycles. The summed E-state index contributed by atoms with van der Waals surface area (Å²) in [4.78, 5) is 16.1. The Morgan fingerprint density at radius 1 is 0.843 bits per heavy atom. The fourth-order valence-corrected chi connectivity index (χ4v) is 8.28. The van der Waals surface area contributed by atoms with E-state index >= 15 is 0 Å². The van der Waals surface area contributed by atoms with Crippen LogP contribution in [0.1, 0.15) is 58.6 Å². The maximum atomic E-state index is 14.3. The first-order valence-corrected chi connectivity index (χ1v) is 17.9. The van der Waals surface area contributed by atoms with Gasteiger partial charge >= 0.3 is 13.2 Å². The topological polar surface area (TPSA) is 38.8 Å². The Labute approximate surface area is 316 Å². The summed E-state index contributed by atoms with van der Waals surface area (Å²) in [6, 6.07) is 22.9. The maximum Gasteiger partial charge on any atom is 0.387 e. The van der Waals surface area contributed by atoms with Gasteiger partial charge in [0.2, 0.25) is 0 Å². The fourth-order valence-electron chi connectivity index (χ4n) is 6.72. The molecule has 0 fully saturated rings. The average Bonchev–Trinajstić information content (AvgIpc) is 3.40. The normalized spacial score (nSPS) is 11.7.